The Labute approximate surface area is 142 Å². The van der Waals surface area contributed by atoms with Crippen molar-refractivity contribution in [3.63, 3.8) is 0 Å². The Morgan fingerprint density at radius 3 is 2.48 bits per heavy atom. The summed E-state index contributed by atoms with van der Waals surface area (Å²) in [5, 5.41) is 0. The fourth-order valence-corrected chi connectivity index (χ4v) is 3.27. The van der Waals surface area contributed by atoms with Gasteiger partial charge in [0, 0.05) is 28.9 Å². The van der Waals surface area contributed by atoms with E-state index < -0.39 is 0 Å². The van der Waals surface area contributed by atoms with Crippen LogP contribution in [0.1, 0.15) is 16.1 Å². The molecule has 118 valence electrons. The molecule has 23 heavy (non-hydrogen) atoms. The molecule has 2 heterocycles. The first-order valence-corrected chi connectivity index (χ1v) is 7.87. The van der Waals surface area contributed by atoms with Crippen molar-refractivity contribution in [1.29, 1.82) is 0 Å². The summed E-state index contributed by atoms with van der Waals surface area (Å²) in [4.78, 5) is 11.7. The third kappa shape index (κ3) is 2.51. The summed E-state index contributed by atoms with van der Waals surface area (Å²) in [6.45, 7) is 2.02. The van der Waals surface area contributed by atoms with Gasteiger partial charge in [-0.15, -0.1) is 0 Å². The van der Waals surface area contributed by atoms with Crippen LogP contribution in [0.4, 0.5) is 0 Å². The van der Waals surface area contributed by atoms with Crippen molar-refractivity contribution in [3.05, 3.63) is 52.3 Å². The lowest BCUT2D eigenvalue weighted by atomic mass is 10.0. The highest BCUT2D eigenvalue weighted by Gasteiger charge is 2.18. The van der Waals surface area contributed by atoms with Gasteiger partial charge in [-0.2, -0.15) is 0 Å². The summed E-state index contributed by atoms with van der Waals surface area (Å²) in [6.07, 6.45) is 2.76. The van der Waals surface area contributed by atoms with Gasteiger partial charge in [0.05, 0.1) is 24.4 Å². The zero-order valence-corrected chi connectivity index (χ0v) is 14.7. The van der Waals surface area contributed by atoms with Gasteiger partial charge in [0.2, 0.25) is 0 Å². The second-order valence-corrected chi connectivity index (χ2v) is 6.05. The van der Waals surface area contributed by atoms with E-state index in [0.29, 0.717) is 17.2 Å². The fourth-order valence-electron chi connectivity index (χ4n) is 2.77. The SMILES string of the molecule is COc1cc(OC)c(-c2cc3c(C)cccn3c2C=O)cc1Br. The summed E-state index contributed by atoms with van der Waals surface area (Å²) in [5.74, 6) is 1.33. The number of halogens is 1. The molecule has 0 saturated carbocycles. The lowest BCUT2D eigenvalue weighted by molar-refractivity contribution is 0.111. The molecule has 0 aliphatic heterocycles. The molecule has 1 aromatic carbocycles. The van der Waals surface area contributed by atoms with Crippen molar-refractivity contribution >= 4 is 27.7 Å². The third-order valence-corrected chi connectivity index (χ3v) is 4.56. The van der Waals surface area contributed by atoms with Gasteiger partial charge in [0.25, 0.3) is 0 Å². The first-order valence-electron chi connectivity index (χ1n) is 7.08. The van der Waals surface area contributed by atoms with Crippen molar-refractivity contribution in [2.45, 2.75) is 6.92 Å². The second-order valence-electron chi connectivity index (χ2n) is 5.19. The molecular formula is C18H16BrNO3. The van der Waals surface area contributed by atoms with Crippen LogP contribution in [0.5, 0.6) is 11.5 Å². The average Bonchev–Trinajstić information content (AvgIpc) is 2.94. The van der Waals surface area contributed by atoms with Gasteiger partial charge in [0.15, 0.2) is 6.29 Å². The van der Waals surface area contributed by atoms with E-state index in [9.17, 15) is 4.79 Å². The van der Waals surface area contributed by atoms with E-state index in [1.165, 1.54) is 0 Å². The average molecular weight is 374 g/mol. The number of nitrogens with zero attached hydrogens (tertiary/aromatic N) is 1. The van der Waals surface area contributed by atoms with Crippen LogP contribution in [0.3, 0.4) is 0 Å². The summed E-state index contributed by atoms with van der Waals surface area (Å²) < 4.78 is 13.5. The molecule has 4 nitrogen and oxygen atoms in total. The van der Waals surface area contributed by atoms with Gasteiger partial charge in [-0.05, 0) is 46.6 Å². The predicted molar refractivity (Wildman–Crippen MR) is 93.8 cm³/mol. The minimum Gasteiger partial charge on any atom is -0.496 e. The maximum absolute atomic E-state index is 11.7. The van der Waals surface area contributed by atoms with E-state index in [-0.39, 0.29) is 0 Å². The number of hydrogen-bond acceptors (Lipinski definition) is 3. The molecule has 0 saturated heterocycles. The number of carbonyl (C=O) groups excluding carboxylic acids is 1. The molecule has 2 aromatic heterocycles. The molecule has 0 amide bonds. The number of methoxy groups -OCH3 is 2. The topological polar surface area (TPSA) is 39.9 Å². The number of fused-ring (bicyclic) bond motifs is 1. The molecule has 0 aliphatic rings. The summed E-state index contributed by atoms with van der Waals surface area (Å²) in [6, 6.07) is 9.68. The number of aromatic nitrogens is 1. The number of rotatable bonds is 4. The van der Waals surface area contributed by atoms with Crippen molar-refractivity contribution in [2.75, 3.05) is 14.2 Å². The highest BCUT2D eigenvalue weighted by Crippen LogP contribution is 2.40. The van der Waals surface area contributed by atoms with Crippen LogP contribution in [0, 0.1) is 6.92 Å². The highest BCUT2D eigenvalue weighted by atomic mass is 79.9. The molecule has 0 fully saturated rings. The molecule has 0 atom stereocenters. The van der Waals surface area contributed by atoms with Crippen LogP contribution in [-0.2, 0) is 0 Å². The zero-order chi connectivity index (χ0) is 16.6. The molecular weight excluding hydrogens is 358 g/mol. The van der Waals surface area contributed by atoms with Crippen LogP contribution in [0.15, 0.2) is 41.0 Å². The van der Waals surface area contributed by atoms with Crippen molar-refractivity contribution < 1.29 is 14.3 Å². The maximum atomic E-state index is 11.7. The molecule has 0 spiro atoms. The Kier molecular flexibility index (Phi) is 4.13. The quantitative estimate of drug-likeness (QED) is 0.631. The lowest BCUT2D eigenvalue weighted by Crippen LogP contribution is -1.95. The fraction of sp³-hybridized carbons (Fsp3) is 0.167. The highest BCUT2D eigenvalue weighted by molar-refractivity contribution is 9.10. The molecule has 0 radical (unpaired) electrons. The standard InChI is InChI=1S/C18H16BrNO3/c1-11-5-4-6-20-15(11)8-12(16(20)10-21)13-7-14(19)18(23-3)9-17(13)22-2/h4-10H,1-3H3. The third-order valence-electron chi connectivity index (χ3n) is 3.94. The molecule has 0 N–H and O–H groups in total. The number of hydrogen-bond donors (Lipinski definition) is 0. The first-order chi connectivity index (χ1) is 11.1. The summed E-state index contributed by atoms with van der Waals surface area (Å²) in [7, 11) is 3.21. The number of aryl methyl sites for hydroxylation is 1. The number of ether oxygens (including phenoxy) is 2. The van der Waals surface area contributed by atoms with E-state index in [1.54, 1.807) is 14.2 Å². The normalized spacial score (nSPS) is 10.8. The molecule has 5 heteroatoms. The predicted octanol–water partition coefficient (Wildman–Crippen LogP) is 4.51. The number of pyridine rings is 1. The minimum atomic E-state index is 0.596. The smallest absolute Gasteiger partial charge is 0.167 e. The van der Waals surface area contributed by atoms with E-state index in [1.807, 2.05) is 47.9 Å². The Hall–Kier alpha value is -2.27. The van der Waals surface area contributed by atoms with Gasteiger partial charge >= 0.3 is 0 Å². The Morgan fingerprint density at radius 1 is 1.09 bits per heavy atom. The van der Waals surface area contributed by atoms with E-state index in [4.69, 9.17) is 9.47 Å². The van der Waals surface area contributed by atoms with Crippen LogP contribution in [0.25, 0.3) is 16.6 Å². The molecule has 3 rings (SSSR count). The van der Waals surface area contributed by atoms with Crippen molar-refractivity contribution in [2.24, 2.45) is 0 Å². The van der Waals surface area contributed by atoms with E-state index in [0.717, 1.165) is 33.0 Å². The maximum Gasteiger partial charge on any atom is 0.167 e. The lowest BCUT2D eigenvalue weighted by Gasteiger charge is -2.12. The van der Waals surface area contributed by atoms with Gasteiger partial charge in [-0.3, -0.25) is 4.79 Å². The summed E-state index contributed by atoms with van der Waals surface area (Å²) in [5.41, 5.74) is 4.37. The van der Waals surface area contributed by atoms with E-state index in [2.05, 4.69) is 15.9 Å². The number of benzene rings is 1. The zero-order valence-electron chi connectivity index (χ0n) is 13.1. The first kappa shape index (κ1) is 15.6. The Balaban J connectivity index is 2.34. The van der Waals surface area contributed by atoms with Crippen molar-refractivity contribution in [1.82, 2.24) is 4.40 Å². The van der Waals surface area contributed by atoms with Gasteiger partial charge < -0.3 is 13.9 Å². The van der Waals surface area contributed by atoms with Gasteiger partial charge in [-0.25, -0.2) is 0 Å². The van der Waals surface area contributed by atoms with Crippen molar-refractivity contribution in [3.8, 4) is 22.6 Å². The second kappa shape index (κ2) is 6.08. The Morgan fingerprint density at radius 2 is 1.83 bits per heavy atom. The van der Waals surface area contributed by atoms with E-state index >= 15 is 0 Å². The molecule has 0 unspecified atom stereocenters. The van der Waals surface area contributed by atoms with Gasteiger partial charge in [0.1, 0.15) is 11.5 Å². The number of carbonyl (C=O) groups is 1. The number of aldehydes is 1. The largest absolute Gasteiger partial charge is 0.496 e. The molecule has 0 bridgehead atoms. The summed E-state index contributed by atoms with van der Waals surface area (Å²) >= 11 is 3.50. The molecule has 3 aromatic rings. The monoisotopic (exact) mass is 373 g/mol. The van der Waals surface area contributed by atoms with Crippen LogP contribution in [-0.4, -0.2) is 24.9 Å². The van der Waals surface area contributed by atoms with Crippen LogP contribution < -0.4 is 9.47 Å². The van der Waals surface area contributed by atoms with Crippen LogP contribution >= 0.6 is 15.9 Å². The van der Waals surface area contributed by atoms with Crippen LogP contribution in [0.2, 0.25) is 0 Å². The minimum absolute atomic E-state index is 0.596. The van der Waals surface area contributed by atoms with Gasteiger partial charge in [-0.1, -0.05) is 6.07 Å². The molecule has 0 aliphatic carbocycles. The Bertz CT molecular complexity index is 899.